The molecule has 0 bridgehead atoms. The lowest BCUT2D eigenvalue weighted by atomic mass is 10.2. The quantitative estimate of drug-likeness (QED) is 0.552. The maximum atomic E-state index is 12.9. The third-order valence-corrected chi connectivity index (χ3v) is 6.13. The standard InChI is InChI=1S/C16H16FN5O2S3/c1-9(2)24-15-21-22-16(27-15)25-8-12-19-20-14(26-12)13(23)18-7-10-3-5-11(17)6-4-10/h3-6,9H,7-8H2,1-2H3,(H,18,23). The molecule has 7 nitrogen and oxygen atoms in total. The zero-order valence-corrected chi connectivity index (χ0v) is 17.0. The van der Waals surface area contributed by atoms with E-state index in [0.717, 1.165) is 9.90 Å². The van der Waals surface area contributed by atoms with Gasteiger partial charge in [0.15, 0.2) is 4.34 Å². The summed E-state index contributed by atoms with van der Waals surface area (Å²) in [6, 6.07) is 5.95. The molecule has 3 rings (SSSR count). The summed E-state index contributed by atoms with van der Waals surface area (Å²) in [5.41, 5.74) is 0.806. The fourth-order valence-corrected chi connectivity index (χ4v) is 4.44. The summed E-state index contributed by atoms with van der Waals surface area (Å²) in [6.07, 6.45) is 0.0509. The molecule has 1 amide bonds. The van der Waals surface area contributed by atoms with Gasteiger partial charge in [0.25, 0.3) is 11.1 Å². The molecule has 0 radical (unpaired) electrons. The van der Waals surface area contributed by atoms with Crippen molar-refractivity contribution < 1.29 is 13.9 Å². The first kappa shape index (κ1) is 19.6. The second-order valence-corrected chi connectivity index (χ2v) is 8.82. The molecule has 0 aliphatic heterocycles. The summed E-state index contributed by atoms with van der Waals surface area (Å²) in [5, 5.41) is 20.3. The molecule has 0 aliphatic carbocycles. The average molecular weight is 426 g/mol. The zero-order valence-electron chi connectivity index (χ0n) is 14.5. The van der Waals surface area contributed by atoms with Crippen LogP contribution >= 0.6 is 34.4 Å². The first-order valence-corrected chi connectivity index (χ1v) is 10.6. The zero-order chi connectivity index (χ0) is 19.2. The van der Waals surface area contributed by atoms with E-state index < -0.39 is 0 Å². The minimum absolute atomic E-state index is 0.0509. The van der Waals surface area contributed by atoms with Crippen molar-refractivity contribution in [3.8, 4) is 5.19 Å². The fraction of sp³-hybridized carbons (Fsp3) is 0.312. The summed E-state index contributed by atoms with van der Waals surface area (Å²) >= 11 is 4.06. The van der Waals surface area contributed by atoms with Crippen molar-refractivity contribution >= 4 is 40.3 Å². The Labute approximate surface area is 167 Å². The third-order valence-electron chi connectivity index (χ3n) is 3.07. The van der Waals surface area contributed by atoms with Crippen LogP contribution < -0.4 is 10.1 Å². The monoisotopic (exact) mass is 425 g/mol. The molecule has 0 fully saturated rings. The van der Waals surface area contributed by atoms with Gasteiger partial charge in [-0.2, -0.15) is 0 Å². The molecular formula is C16H16FN5O2S3. The largest absolute Gasteiger partial charge is 0.466 e. The second kappa shape index (κ2) is 9.20. The van der Waals surface area contributed by atoms with Crippen molar-refractivity contribution in [1.29, 1.82) is 0 Å². The number of aromatic nitrogens is 4. The summed E-state index contributed by atoms with van der Waals surface area (Å²) in [5.74, 6) is -0.0783. The van der Waals surface area contributed by atoms with Gasteiger partial charge in [0.05, 0.1) is 11.9 Å². The fourth-order valence-electron chi connectivity index (χ4n) is 1.89. The predicted molar refractivity (Wildman–Crippen MR) is 103 cm³/mol. The van der Waals surface area contributed by atoms with Gasteiger partial charge in [-0.3, -0.25) is 4.79 Å². The van der Waals surface area contributed by atoms with Crippen LogP contribution in [-0.2, 0) is 12.3 Å². The molecule has 0 saturated heterocycles. The van der Waals surface area contributed by atoms with Crippen LogP contribution in [0.15, 0.2) is 28.6 Å². The number of nitrogens with one attached hydrogen (secondary N) is 1. The minimum Gasteiger partial charge on any atom is -0.466 e. The highest BCUT2D eigenvalue weighted by Crippen LogP contribution is 2.30. The Balaban J connectivity index is 1.49. The molecule has 2 heterocycles. The molecule has 0 spiro atoms. The molecule has 2 aromatic heterocycles. The van der Waals surface area contributed by atoms with Gasteiger partial charge in [-0.25, -0.2) is 4.39 Å². The normalized spacial score (nSPS) is 11.0. The van der Waals surface area contributed by atoms with E-state index in [-0.39, 0.29) is 22.8 Å². The van der Waals surface area contributed by atoms with Gasteiger partial charge in [-0.1, -0.05) is 40.3 Å². The van der Waals surface area contributed by atoms with Crippen LogP contribution in [0.2, 0.25) is 0 Å². The lowest BCUT2D eigenvalue weighted by molar-refractivity contribution is 0.0950. The van der Waals surface area contributed by atoms with E-state index in [4.69, 9.17) is 4.74 Å². The molecule has 11 heteroatoms. The van der Waals surface area contributed by atoms with Crippen LogP contribution in [-0.4, -0.2) is 32.4 Å². The van der Waals surface area contributed by atoms with Crippen LogP contribution in [0.3, 0.4) is 0 Å². The van der Waals surface area contributed by atoms with Crippen LogP contribution in [0.1, 0.15) is 34.2 Å². The topological polar surface area (TPSA) is 89.9 Å². The van der Waals surface area contributed by atoms with E-state index in [1.807, 2.05) is 13.8 Å². The van der Waals surface area contributed by atoms with Gasteiger partial charge in [0.1, 0.15) is 10.8 Å². The minimum atomic E-state index is -0.310. The Hall–Kier alpha value is -2.11. The number of benzene rings is 1. The molecule has 142 valence electrons. The maximum absolute atomic E-state index is 12.9. The molecule has 0 unspecified atom stereocenters. The van der Waals surface area contributed by atoms with Gasteiger partial charge in [0, 0.05) is 6.54 Å². The Bertz CT molecular complexity index is 898. The van der Waals surface area contributed by atoms with E-state index >= 15 is 0 Å². The number of ether oxygens (including phenoxy) is 1. The first-order valence-electron chi connectivity index (χ1n) is 7.97. The number of carbonyl (C=O) groups is 1. The smallest absolute Gasteiger partial charge is 0.295 e. The molecule has 1 aromatic carbocycles. The van der Waals surface area contributed by atoms with Gasteiger partial charge in [-0.05, 0) is 42.9 Å². The van der Waals surface area contributed by atoms with Crippen molar-refractivity contribution in [1.82, 2.24) is 25.7 Å². The molecular weight excluding hydrogens is 409 g/mol. The SMILES string of the molecule is CC(C)Oc1nnc(SCc2nnc(C(=O)NCc3ccc(F)cc3)s2)s1. The molecule has 0 saturated carbocycles. The lowest BCUT2D eigenvalue weighted by Gasteiger charge is -2.02. The van der Waals surface area contributed by atoms with Gasteiger partial charge < -0.3 is 10.1 Å². The average Bonchev–Trinajstić information content (AvgIpc) is 3.28. The van der Waals surface area contributed by atoms with E-state index in [1.54, 1.807) is 12.1 Å². The summed E-state index contributed by atoms with van der Waals surface area (Å²) in [7, 11) is 0. The lowest BCUT2D eigenvalue weighted by Crippen LogP contribution is -2.22. The Morgan fingerprint density at radius 1 is 1.19 bits per heavy atom. The van der Waals surface area contributed by atoms with E-state index in [0.29, 0.717) is 22.5 Å². The number of amides is 1. The summed E-state index contributed by atoms with van der Waals surface area (Å²) in [6.45, 7) is 4.16. The van der Waals surface area contributed by atoms with Crippen molar-refractivity contribution in [3.63, 3.8) is 0 Å². The highest BCUT2D eigenvalue weighted by molar-refractivity contribution is 8.00. The van der Waals surface area contributed by atoms with Gasteiger partial charge >= 0.3 is 0 Å². The number of rotatable bonds is 8. The predicted octanol–water partition coefficient (Wildman–Crippen LogP) is 3.54. The summed E-state index contributed by atoms with van der Waals surface area (Å²) in [4.78, 5) is 12.2. The van der Waals surface area contributed by atoms with E-state index in [2.05, 4.69) is 25.7 Å². The van der Waals surface area contributed by atoms with Gasteiger partial charge in [-0.15, -0.1) is 15.3 Å². The molecule has 27 heavy (non-hydrogen) atoms. The molecule has 3 aromatic rings. The Morgan fingerprint density at radius 3 is 2.70 bits per heavy atom. The number of hydrogen-bond acceptors (Lipinski definition) is 9. The van der Waals surface area contributed by atoms with Crippen LogP contribution in [0.25, 0.3) is 0 Å². The number of carbonyl (C=O) groups excluding carboxylic acids is 1. The number of thioether (sulfide) groups is 1. The Kier molecular flexibility index (Phi) is 6.69. The van der Waals surface area contributed by atoms with Crippen LogP contribution in [0, 0.1) is 5.82 Å². The van der Waals surface area contributed by atoms with Crippen molar-refractivity contribution in [2.45, 2.75) is 36.6 Å². The highest BCUT2D eigenvalue weighted by Gasteiger charge is 2.14. The molecule has 0 atom stereocenters. The summed E-state index contributed by atoms with van der Waals surface area (Å²) < 4.78 is 19.1. The van der Waals surface area contributed by atoms with Crippen molar-refractivity contribution in [2.24, 2.45) is 0 Å². The van der Waals surface area contributed by atoms with Crippen LogP contribution in [0.4, 0.5) is 4.39 Å². The molecule has 1 N–H and O–H groups in total. The maximum Gasteiger partial charge on any atom is 0.295 e. The van der Waals surface area contributed by atoms with Crippen LogP contribution in [0.5, 0.6) is 5.19 Å². The third kappa shape index (κ3) is 5.94. The first-order chi connectivity index (χ1) is 13.0. The number of nitrogens with zero attached hydrogens (tertiary/aromatic N) is 4. The highest BCUT2D eigenvalue weighted by atomic mass is 32.2. The van der Waals surface area contributed by atoms with Gasteiger partial charge in [0.2, 0.25) is 5.01 Å². The van der Waals surface area contributed by atoms with E-state index in [1.165, 1.54) is 46.6 Å². The molecule has 0 aliphatic rings. The van der Waals surface area contributed by atoms with Crippen molar-refractivity contribution in [3.05, 3.63) is 45.7 Å². The Morgan fingerprint density at radius 2 is 1.96 bits per heavy atom. The number of halogens is 1. The second-order valence-electron chi connectivity index (χ2n) is 5.60. The van der Waals surface area contributed by atoms with Crippen molar-refractivity contribution in [2.75, 3.05) is 0 Å². The van der Waals surface area contributed by atoms with E-state index in [9.17, 15) is 9.18 Å². The number of hydrogen-bond donors (Lipinski definition) is 1.